The second-order valence-electron chi connectivity index (χ2n) is 6.13. The predicted octanol–water partition coefficient (Wildman–Crippen LogP) is 4.04. The Balaban J connectivity index is 1.80. The summed E-state index contributed by atoms with van der Waals surface area (Å²) in [5, 5.41) is 19.1. The lowest BCUT2D eigenvalue weighted by Gasteiger charge is -2.11. The van der Waals surface area contributed by atoms with Crippen LogP contribution in [0.5, 0.6) is 5.75 Å². The largest absolute Gasteiger partial charge is 0.497 e. The van der Waals surface area contributed by atoms with Crippen LogP contribution in [0.3, 0.4) is 0 Å². The first-order valence-corrected chi connectivity index (χ1v) is 9.82. The van der Waals surface area contributed by atoms with Crippen molar-refractivity contribution in [2.24, 2.45) is 0 Å². The predicted molar refractivity (Wildman–Crippen MR) is 116 cm³/mol. The van der Waals surface area contributed by atoms with E-state index in [-0.39, 0.29) is 11.3 Å². The van der Waals surface area contributed by atoms with E-state index in [1.165, 1.54) is 29.5 Å². The van der Waals surface area contributed by atoms with Gasteiger partial charge in [-0.05, 0) is 30.3 Å². The third-order valence-corrected chi connectivity index (χ3v) is 4.95. The van der Waals surface area contributed by atoms with Crippen molar-refractivity contribution < 1.29 is 19.2 Å². The van der Waals surface area contributed by atoms with Crippen molar-refractivity contribution in [2.45, 2.75) is 0 Å². The van der Waals surface area contributed by atoms with Crippen molar-refractivity contribution in [1.82, 2.24) is 4.98 Å². The second kappa shape index (κ2) is 9.81. The van der Waals surface area contributed by atoms with Crippen LogP contribution in [0.25, 0.3) is 11.3 Å². The van der Waals surface area contributed by atoms with E-state index >= 15 is 0 Å². The maximum atomic E-state index is 12.8. The smallest absolute Gasteiger partial charge is 0.270 e. The molecule has 3 rings (SSSR count). The van der Waals surface area contributed by atoms with E-state index in [1.54, 1.807) is 14.2 Å². The molecule has 0 radical (unpaired) electrons. The van der Waals surface area contributed by atoms with Gasteiger partial charge in [-0.3, -0.25) is 20.2 Å². The number of hydrogen-bond acceptors (Lipinski definition) is 8. The molecule has 2 aromatic carbocycles. The molecule has 0 bridgehead atoms. The SMILES string of the molecule is COCCNc1ccc([N+](=O)[O-])cc1C(=O)Nc1nc(-c2ccc(OC)cc2)cs1. The number of nitro groups is 1. The van der Waals surface area contributed by atoms with Gasteiger partial charge in [0.15, 0.2) is 5.13 Å². The molecule has 0 aliphatic heterocycles. The Bertz CT molecular complexity index is 1040. The van der Waals surface area contributed by atoms with Crippen LogP contribution in [0, 0.1) is 10.1 Å². The normalized spacial score (nSPS) is 10.5. The number of aromatic nitrogens is 1. The standard InChI is InChI=1S/C20H20N4O5S/c1-28-10-9-21-17-8-5-14(24(26)27)11-16(17)19(25)23-20-22-18(12-30-20)13-3-6-15(29-2)7-4-13/h3-8,11-12,21H,9-10H2,1-2H3,(H,22,23,25). The number of carbonyl (C=O) groups excluding carboxylic acids is 1. The average molecular weight is 428 g/mol. The minimum atomic E-state index is -0.541. The van der Waals surface area contributed by atoms with E-state index in [4.69, 9.17) is 9.47 Å². The highest BCUT2D eigenvalue weighted by Gasteiger charge is 2.18. The third-order valence-electron chi connectivity index (χ3n) is 4.19. The molecule has 0 saturated heterocycles. The van der Waals surface area contributed by atoms with Gasteiger partial charge in [-0.15, -0.1) is 11.3 Å². The molecule has 156 valence electrons. The van der Waals surface area contributed by atoms with Gasteiger partial charge in [0.2, 0.25) is 0 Å². The highest BCUT2D eigenvalue weighted by molar-refractivity contribution is 7.14. The zero-order chi connectivity index (χ0) is 21.5. The number of nitrogens with zero attached hydrogens (tertiary/aromatic N) is 2. The second-order valence-corrected chi connectivity index (χ2v) is 6.99. The van der Waals surface area contributed by atoms with Crippen molar-refractivity contribution in [1.29, 1.82) is 0 Å². The number of carbonyl (C=O) groups is 1. The monoisotopic (exact) mass is 428 g/mol. The summed E-state index contributed by atoms with van der Waals surface area (Å²) in [6.07, 6.45) is 0. The molecule has 0 unspecified atom stereocenters. The molecule has 30 heavy (non-hydrogen) atoms. The number of nitro benzene ring substituents is 1. The number of anilines is 2. The lowest BCUT2D eigenvalue weighted by atomic mass is 10.1. The molecule has 0 spiro atoms. The zero-order valence-corrected chi connectivity index (χ0v) is 17.2. The minimum Gasteiger partial charge on any atom is -0.497 e. The molecule has 3 aromatic rings. The Labute approximate surface area is 176 Å². The van der Waals surface area contributed by atoms with Gasteiger partial charge in [-0.25, -0.2) is 4.98 Å². The van der Waals surface area contributed by atoms with Crippen LogP contribution in [0.2, 0.25) is 0 Å². The number of non-ortho nitro benzene ring substituents is 1. The van der Waals surface area contributed by atoms with Crippen LogP contribution in [-0.2, 0) is 4.74 Å². The summed E-state index contributed by atoms with van der Waals surface area (Å²) in [5.74, 6) is 0.246. The van der Waals surface area contributed by atoms with Gasteiger partial charge in [0, 0.05) is 42.4 Å². The number of thiazole rings is 1. The first-order valence-electron chi connectivity index (χ1n) is 8.94. The topological polar surface area (TPSA) is 116 Å². The third kappa shape index (κ3) is 5.10. The van der Waals surface area contributed by atoms with Crippen LogP contribution in [0.4, 0.5) is 16.5 Å². The number of hydrogen-bond donors (Lipinski definition) is 2. The summed E-state index contributed by atoms with van der Waals surface area (Å²) in [4.78, 5) is 27.8. The lowest BCUT2D eigenvalue weighted by molar-refractivity contribution is -0.384. The van der Waals surface area contributed by atoms with Crippen molar-refractivity contribution in [3.8, 4) is 17.0 Å². The van der Waals surface area contributed by atoms with Gasteiger partial charge < -0.3 is 14.8 Å². The van der Waals surface area contributed by atoms with Crippen LogP contribution < -0.4 is 15.4 Å². The first kappa shape index (κ1) is 21.2. The van der Waals surface area contributed by atoms with Gasteiger partial charge in [-0.2, -0.15) is 0 Å². The Morgan fingerprint density at radius 3 is 2.63 bits per heavy atom. The Morgan fingerprint density at radius 2 is 1.97 bits per heavy atom. The van der Waals surface area contributed by atoms with Crippen molar-refractivity contribution in [3.05, 3.63) is 63.5 Å². The molecular weight excluding hydrogens is 408 g/mol. The van der Waals surface area contributed by atoms with Crippen molar-refractivity contribution >= 4 is 33.8 Å². The molecule has 2 N–H and O–H groups in total. The van der Waals surface area contributed by atoms with E-state index < -0.39 is 10.8 Å². The van der Waals surface area contributed by atoms with Gasteiger partial charge in [-0.1, -0.05) is 0 Å². The number of rotatable bonds is 9. The maximum Gasteiger partial charge on any atom is 0.270 e. The van der Waals surface area contributed by atoms with E-state index in [0.29, 0.717) is 29.7 Å². The molecule has 0 aliphatic rings. The van der Waals surface area contributed by atoms with E-state index in [1.807, 2.05) is 29.6 Å². The number of nitrogens with one attached hydrogen (secondary N) is 2. The molecular formula is C20H20N4O5S. The molecule has 0 fully saturated rings. The molecule has 1 heterocycles. The minimum absolute atomic E-state index is 0.154. The summed E-state index contributed by atoms with van der Waals surface area (Å²) in [6, 6.07) is 11.5. The van der Waals surface area contributed by atoms with Crippen LogP contribution in [0.15, 0.2) is 47.8 Å². The highest BCUT2D eigenvalue weighted by Crippen LogP contribution is 2.28. The summed E-state index contributed by atoms with van der Waals surface area (Å²) >= 11 is 1.27. The van der Waals surface area contributed by atoms with E-state index in [2.05, 4.69) is 15.6 Å². The Hall–Kier alpha value is -3.50. The van der Waals surface area contributed by atoms with Gasteiger partial charge >= 0.3 is 0 Å². The average Bonchev–Trinajstić information content (AvgIpc) is 3.22. The number of amides is 1. The van der Waals surface area contributed by atoms with Gasteiger partial charge in [0.05, 0.1) is 29.9 Å². The fourth-order valence-corrected chi connectivity index (χ4v) is 3.38. The Morgan fingerprint density at radius 1 is 1.20 bits per heavy atom. The fourth-order valence-electron chi connectivity index (χ4n) is 2.67. The highest BCUT2D eigenvalue weighted by atomic mass is 32.1. The molecule has 0 atom stereocenters. The molecule has 1 aromatic heterocycles. The lowest BCUT2D eigenvalue weighted by Crippen LogP contribution is -2.16. The quantitative estimate of drug-likeness (QED) is 0.300. The van der Waals surface area contributed by atoms with Crippen LogP contribution in [-0.4, -0.2) is 43.2 Å². The molecule has 9 nitrogen and oxygen atoms in total. The van der Waals surface area contributed by atoms with Crippen LogP contribution in [0.1, 0.15) is 10.4 Å². The zero-order valence-electron chi connectivity index (χ0n) is 16.4. The molecule has 1 amide bonds. The molecule has 0 saturated carbocycles. The summed E-state index contributed by atoms with van der Waals surface area (Å²) in [7, 11) is 3.16. The van der Waals surface area contributed by atoms with Crippen molar-refractivity contribution in [3.63, 3.8) is 0 Å². The molecule has 10 heteroatoms. The Kier molecular flexibility index (Phi) is 6.94. The number of ether oxygens (including phenoxy) is 2. The summed E-state index contributed by atoms with van der Waals surface area (Å²) in [5.41, 5.74) is 2.04. The van der Waals surface area contributed by atoms with E-state index in [9.17, 15) is 14.9 Å². The van der Waals surface area contributed by atoms with Gasteiger partial charge in [0.1, 0.15) is 5.75 Å². The number of methoxy groups -OCH3 is 2. The van der Waals surface area contributed by atoms with E-state index in [0.717, 1.165) is 11.3 Å². The van der Waals surface area contributed by atoms with Crippen LogP contribution >= 0.6 is 11.3 Å². The summed E-state index contributed by atoms with van der Waals surface area (Å²) < 4.78 is 10.1. The fraction of sp³-hybridized carbons (Fsp3) is 0.200. The number of benzene rings is 2. The summed E-state index contributed by atoms with van der Waals surface area (Å²) in [6.45, 7) is 0.878. The maximum absolute atomic E-state index is 12.8. The molecule has 0 aliphatic carbocycles. The van der Waals surface area contributed by atoms with Gasteiger partial charge in [0.25, 0.3) is 11.6 Å². The first-order chi connectivity index (χ1) is 14.5. The van der Waals surface area contributed by atoms with Crippen molar-refractivity contribution in [2.75, 3.05) is 38.0 Å².